The topological polar surface area (TPSA) is 84.0 Å². The fourth-order valence-electron chi connectivity index (χ4n) is 2.72. The van der Waals surface area contributed by atoms with Crippen molar-refractivity contribution >= 4 is 35.8 Å². The van der Waals surface area contributed by atoms with E-state index in [1.807, 2.05) is 31.2 Å². The van der Waals surface area contributed by atoms with Gasteiger partial charge in [-0.1, -0.05) is 12.1 Å². The lowest BCUT2D eigenvalue weighted by atomic mass is 10.1. The summed E-state index contributed by atoms with van der Waals surface area (Å²) < 4.78 is 10.9. The minimum atomic E-state index is -0.0473. The fraction of sp³-hybridized carbons (Fsp3) is 0.636. The van der Waals surface area contributed by atoms with Gasteiger partial charge in [0.15, 0.2) is 12.6 Å². The highest BCUT2D eigenvalue weighted by Crippen LogP contribution is 2.18. The van der Waals surface area contributed by atoms with Crippen molar-refractivity contribution in [3.8, 4) is 5.75 Å². The van der Waals surface area contributed by atoms with E-state index in [9.17, 15) is 4.79 Å². The number of guanidine groups is 1. The van der Waals surface area contributed by atoms with Gasteiger partial charge < -0.3 is 25.4 Å². The van der Waals surface area contributed by atoms with Gasteiger partial charge in [0.05, 0.1) is 0 Å². The Morgan fingerprint density at radius 3 is 2.57 bits per heavy atom. The Morgan fingerprint density at radius 2 is 1.90 bits per heavy atom. The lowest BCUT2D eigenvalue weighted by Crippen LogP contribution is -2.38. The number of hydrogen-bond acceptors (Lipinski definition) is 4. The Bertz CT molecular complexity index is 621. The number of benzene rings is 1. The molecule has 1 aromatic rings. The molecule has 8 heteroatoms. The number of ether oxygens (including phenoxy) is 2. The Labute approximate surface area is 197 Å². The molecular formula is C22H37IN4O3. The molecule has 0 saturated heterocycles. The number of carbonyl (C=O) groups excluding carboxylic acids is 1. The predicted octanol–water partition coefficient (Wildman–Crippen LogP) is 2.88. The lowest BCUT2D eigenvalue weighted by Gasteiger charge is -2.12. The summed E-state index contributed by atoms with van der Waals surface area (Å²) in [7, 11) is 0. The van der Waals surface area contributed by atoms with Crippen LogP contribution in [0.3, 0.4) is 0 Å². The molecule has 1 amide bonds. The van der Waals surface area contributed by atoms with Crippen molar-refractivity contribution in [2.45, 2.75) is 52.0 Å². The minimum Gasteiger partial charge on any atom is -0.484 e. The van der Waals surface area contributed by atoms with Crippen molar-refractivity contribution in [3.63, 3.8) is 0 Å². The summed E-state index contributed by atoms with van der Waals surface area (Å²) in [6, 6.07) is 8.27. The quantitative estimate of drug-likeness (QED) is 0.149. The van der Waals surface area contributed by atoms with Crippen molar-refractivity contribution in [1.82, 2.24) is 16.0 Å². The van der Waals surface area contributed by atoms with Crippen molar-refractivity contribution in [2.24, 2.45) is 4.99 Å². The number of hydrogen-bond donors (Lipinski definition) is 3. The maximum absolute atomic E-state index is 11.7. The first-order valence-corrected chi connectivity index (χ1v) is 10.8. The van der Waals surface area contributed by atoms with Crippen LogP contribution >= 0.6 is 24.0 Å². The van der Waals surface area contributed by atoms with Crippen molar-refractivity contribution in [3.05, 3.63) is 29.8 Å². The highest BCUT2D eigenvalue weighted by Gasteiger charge is 2.23. The number of carbonyl (C=O) groups is 1. The Morgan fingerprint density at radius 1 is 1.13 bits per heavy atom. The van der Waals surface area contributed by atoms with Gasteiger partial charge in [0, 0.05) is 38.9 Å². The zero-order valence-electron chi connectivity index (χ0n) is 18.2. The number of unbranched alkanes of at least 4 members (excludes halogenated alkanes) is 1. The first-order chi connectivity index (χ1) is 14.2. The monoisotopic (exact) mass is 532 g/mol. The van der Waals surface area contributed by atoms with Gasteiger partial charge in [-0.05, 0) is 63.6 Å². The third-order valence-electron chi connectivity index (χ3n) is 4.46. The molecule has 0 spiro atoms. The van der Waals surface area contributed by atoms with Gasteiger partial charge in [0.2, 0.25) is 0 Å². The maximum Gasteiger partial charge on any atom is 0.258 e. The average Bonchev–Trinajstić information content (AvgIpc) is 3.54. The van der Waals surface area contributed by atoms with Crippen LogP contribution in [0.25, 0.3) is 0 Å². The molecule has 0 unspecified atom stereocenters. The van der Waals surface area contributed by atoms with E-state index >= 15 is 0 Å². The standard InChI is InChI=1S/C22H36N4O3.HI/c1-3-23-22(24-14-5-6-16-28-4-2)25-15-13-18-7-11-20(12-8-18)29-17-21(27)26-19-9-10-19;/h7-8,11-12,19H,3-6,9-10,13-17H2,1-2H3,(H,26,27)(H2,23,24,25);1H. The molecular weight excluding hydrogens is 495 g/mol. The van der Waals surface area contributed by atoms with Gasteiger partial charge in [0.1, 0.15) is 5.75 Å². The van der Waals surface area contributed by atoms with E-state index in [2.05, 4.69) is 27.9 Å². The van der Waals surface area contributed by atoms with Crippen LogP contribution in [0.4, 0.5) is 0 Å². The molecule has 30 heavy (non-hydrogen) atoms. The van der Waals surface area contributed by atoms with E-state index in [1.165, 1.54) is 5.56 Å². The molecule has 0 heterocycles. The smallest absolute Gasteiger partial charge is 0.258 e. The molecule has 2 rings (SSSR count). The average molecular weight is 532 g/mol. The van der Waals surface area contributed by atoms with Crippen LogP contribution in [-0.2, 0) is 16.0 Å². The lowest BCUT2D eigenvalue weighted by molar-refractivity contribution is -0.123. The van der Waals surface area contributed by atoms with Crippen molar-refractivity contribution in [2.75, 3.05) is 39.5 Å². The number of nitrogens with zero attached hydrogens (tertiary/aromatic N) is 1. The molecule has 0 bridgehead atoms. The Balaban J connectivity index is 0.00000450. The molecule has 0 aromatic heterocycles. The zero-order chi connectivity index (χ0) is 20.7. The second kappa shape index (κ2) is 16.2. The Kier molecular flexibility index (Phi) is 14.3. The molecule has 1 aromatic carbocycles. The summed E-state index contributed by atoms with van der Waals surface area (Å²) in [6.07, 6.45) is 5.12. The molecule has 1 fully saturated rings. The van der Waals surface area contributed by atoms with Crippen LogP contribution in [0.1, 0.15) is 45.1 Å². The summed E-state index contributed by atoms with van der Waals surface area (Å²) in [5.41, 5.74) is 1.21. The Hall–Kier alpha value is -1.55. The van der Waals surface area contributed by atoms with Crippen LogP contribution < -0.4 is 20.7 Å². The summed E-state index contributed by atoms with van der Waals surface area (Å²) in [4.78, 5) is 16.3. The molecule has 1 aliphatic rings. The molecule has 0 atom stereocenters. The van der Waals surface area contributed by atoms with Gasteiger partial charge >= 0.3 is 0 Å². The van der Waals surface area contributed by atoms with Crippen molar-refractivity contribution in [1.29, 1.82) is 0 Å². The van der Waals surface area contributed by atoms with Crippen LogP contribution in [-0.4, -0.2) is 57.4 Å². The number of aliphatic imine (C=N–C) groups is 1. The largest absolute Gasteiger partial charge is 0.484 e. The number of amides is 1. The minimum absolute atomic E-state index is 0. The van der Waals surface area contributed by atoms with Gasteiger partial charge in [-0.15, -0.1) is 24.0 Å². The van der Waals surface area contributed by atoms with E-state index in [-0.39, 0.29) is 36.5 Å². The second-order valence-corrected chi connectivity index (χ2v) is 7.12. The molecule has 3 N–H and O–H groups in total. The fourth-order valence-corrected chi connectivity index (χ4v) is 2.72. The normalized spacial score (nSPS) is 13.3. The van der Waals surface area contributed by atoms with Gasteiger partial charge in [-0.25, -0.2) is 0 Å². The van der Waals surface area contributed by atoms with Crippen LogP contribution in [0, 0.1) is 0 Å². The second-order valence-electron chi connectivity index (χ2n) is 7.12. The molecule has 0 aliphatic heterocycles. The predicted molar refractivity (Wildman–Crippen MR) is 132 cm³/mol. The number of halogens is 1. The molecule has 1 aliphatic carbocycles. The third-order valence-corrected chi connectivity index (χ3v) is 4.46. The molecule has 170 valence electrons. The first kappa shape index (κ1) is 26.5. The highest BCUT2D eigenvalue weighted by molar-refractivity contribution is 14.0. The summed E-state index contributed by atoms with van der Waals surface area (Å²) >= 11 is 0. The van der Waals surface area contributed by atoms with Crippen LogP contribution in [0.2, 0.25) is 0 Å². The van der Waals surface area contributed by atoms with E-state index in [0.717, 1.165) is 76.7 Å². The summed E-state index contributed by atoms with van der Waals surface area (Å²) in [5.74, 6) is 1.52. The zero-order valence-corrected chi connectivity index (χ0v) is 20.6. The van der Waals surface area contributed by atoms with E-state index in [0.29, 0.717) is 6.04 Å². The van der Waals surface area contributed by atoms with E-state index < -0.39 is 0 Å². The number of rotatable bonds is 14. The van der Waals surface area contributed by atoms with E-state index in [1.54, 1.807) is 0 Å². The van der Waals surface area contributed by atoms with Gasteiger partial charge in [-0.2, -0.15) is 0 Å². The summed E-state index contributed by atoms with van der Waals surface area (Å²) in [5, 5.41) is 9.56. The third kappa shape index (κ3) is 12.2. The molecule has 7 nitrogen and oxygen atoms in total. The van der Waals surface area contributed by atoms with E-state index in [4.69, 9.17) is 9.47 Å². The highest BCUT2D eigenvalue weighted by atomic mass is 127. The van der Waals surface area contributed by atoms with Crippen LogP contribution in [0.15, 0.2) is 29.3 Å². The van der Waals surface area contributed by atoms with Gasteiger partial charge in [0.25, 0.3) is 5.91 Å². The SMILES string of the molecule is CCNC(=NCCCCOCC)NCCc1ccc(OCC(=O)NC2CC2)cc1.I. The van der Waals surface area contributed by atoms with Crippen molar-refractivity contribution < 1.29 is 14.3 Å². The summed E-state index contributed by atoms with van der Waals surface area (Å²) in [6.45, 7) is 8.17. The number of nitrogens with one attached hydrogen (secondary N) is 3. The van der Waals surface area contributed by atoms with Crippen LogP contribution in [0.5, 0.6) is 5.75 Å². The molecule has 0 radical (unpaired) electrons. The first-order valence-electron chi connectivity index (χ1n) is 10.8. The molecule has 1 saturated carbocycles. The van der Waals surface area contributed by atoms with Gasteiger partial charge in [-0.3, -0.25) is 9.79 Å². The maximum atomic E-state index is 11.7.